The minimum Gasteiger partial charge on any atom is -0.338 e. The summed E-state index contributed by atoms with van der Waals surface area (Å²) in [6, 6.07) is 4.98. The molecule has 2 atom stereocenters. The van der Waals surface area contributed by atoms with E-state index in [2.05, 4.69) is 5.32 Å². The second-order valence-corrected chi connectivity index (χ2v) is 9.79. The minimum atomic E-state index is -3.57. The number of amides is 1. The van der Waals surface area contributed by atoms with Crippen molar-refractivity contribution in [3.63, 3.8) is 0 Å². The highest BCUT2D eigenvalue weighted by Crippen LogP contribution is 2.27. The smallest absolute Gasteiger partial charge is 0.254 e. The monoisotopic (exact) mass is 393 g/mol. The Morgan fingerprint density at radius 2 is 2.00 bits per heavy atom. The van der Waals surface area contributed by atoms with Gasteiger partial charge in [0.25, 0.3) is 5.91 Å². The van der Waals surface area contributed by atoms with E-state index in [1.165, 1.54) is 0 Å². The molecule has 1 aromatic rings. The summed E-state index contributed by atoms with van der Waals surface area (Å²) in [6.07, 6.45) is 3.82. The molecule has 2 heterocycles. The van der Waals surface area contributed by atoms with Gasteiger partial charge in [-0.25, -0.2) is 8.42 Å². The molecule has 0 aliphatic carbocycles. The molecule has 7 heteroatoms. The maximum Gasteiger partial charge on any atom is 0.254 e. The lowest BCUT2D eigenvalue weighted by Gasteiger charge is -2.32. The van der Waals surface area contributed by atoms with Gasteiger partial charge in [0.2, 0.25) is 10.0 Å². The number of sulfonamides is 1. The van der Waals surface area contributed by atoms with Gasteiger partial charge in [0.1, 0.15) is 0 Å². The third-order valence-corrected chi connectivity index (χ3v) is 7.86. The Balaban J connectivity index is 1.85. The standard InChI is InChI=1S/C20H31N3O3S/c1-15-7-8-18(27(25,26)23-10-5-4-6-16(23)2)12-19(15)20(24)22-11-9-17(14-22)13-21-3/h7-8,12,16-17,21H,4-6,9-11,13-14H2,1-3H3. The number of hydrogen-bond acceptors (Lipinski definition) is 4. The summed E-state index contributed by atoms with van der Waals surface area (Å²) in [4.78, 5) is 15.1. The number of likely N-dealkylation sites (tertiary alicyclic amines) is 1. The van der Waals surface area contributed by atoms with Gasteiger partial charge < -0.3 is 10.2 Å². The number of carbonyl (C=O) groups is 1. The number of piperidine rings is 1. The molecule has 2 aliphatic rings. The summed E-state index contributed by atoms with van der Waals surface area (Å²) < 4.78 is 27.9. The molecule has 0 radical (unpaired) electrons. The number of benzene rings is 1. The maximum absolute atomic E-state index is 13.1. The Bertz CT molecular complexity index is 794. The van der Waals surface area contributed by atoms with Crippen LogP contribution in [0, 0.1) is 12.8 Å². The molecule has 150 valence electrons. The number of nitrogens with one attached hydrogen (secondary N) is 1. The number of nitrogens with zero attached hydrogens (tertiary/aromatic N) is 2. The summed E-state index contributed by atoms with van der Waals surface area (Å²) in [5.74, 6) is 0.398. The summed E-state index contributed by atoms with van der Waals surface area (Å²) >= 11 is 0. The van der Waals surface area contributed by atoms with E-state index in [0.717, 1.165) is 50.9 Å². The molecule has 0 bridgehead atoms. The molecular formula is C20H31N3O3S. The predicted octanol–water partition coefficient (Wildman–Crippen LogP) is 2.24. The zero-order valence-electron chi connectivity index (χ0n) is 16.6. The van der Waals surface area contributed by atoms with Crippen molar-refractivity contribution < 1.29 is 13.2 Å². The van der Waals surface area contributed by atoms with Crippen LogP contribution in [0.4, 0.5) is 0 Å². The van der Waals surface area contributed by atoms with E-state index >= 15 is 0 Å². The van der Waals surface area contributed by atoms with E-state index in [1.54, 1.807) is 22.5 Å². The Hall–Kier alpha value is -1.44. The molecular weight excluding hydrogens is 362 g/mol. The van der Waals surface area contributed by atoms with Crippen LogP contribution in [-0.4, -0.2) is 62.8 Å². The van der Waals surface area contributed by atoms with E-state index in [9.17, 15) is 13.2 Å². The fourth-order valence-corrected chi connectivity index (χ4v) is 5.93. The fourth-order valence-electron chi connectivity index (χ4n) is 4.20. The Labute approximate surface area is 163 Å². The first-order valence-corrected chi connectivity index (χ1v) is 11.3. The molecule has 6 nitrogen and oxygen atoms in total. The fraction of sp³-hybridized carbons (Fsp3) is 0.650. The first-order chi connectivity index (χ1) is 12.8. The molecule has 2 fully saturated rings. The normalized spacial score (nSPS) is 24.3. The second kappa shape index (κ2) is 8.29. The number of carbonyl (C=O) groups excluding carboxylic acids is 1. The minimum absolute atomic E-state index is 0.00471. The van der Waals surface area contributed by atoms with Crippen molar-refractivity contribution in [1.82, 2.24) is 14.5 Å². The first-order valence-electron chi connectivity index (χ1n) is 9.91. The van der Waals surface area contributed by atoms with Crippen molar-refractivity contribution in [2.24, 2.45) is 5.92 Å². The summed E-state index contributed by atoms with van der Waals surface area (Å²) in [7, 11) is -1.65. The van der Waals surface area contributed by atoms with E-state index < -0.39 is 10.0 Å². The van der Waals surface area contributed by atoms with Crippen LogP contribution in [0.15, 0.2) is 23.1 Å². The summed E-state index contributed by atoms with van der Waals surface area (Å²) in [6.45, 7) is 6.73. The molecule has 1 N–H and O–H groups in total. The highest BCUT2D eigenvalue weighted by atomic mass is 32.2. The van der Waals surface area contributed by atoms with Crippen LogP contribution in [0.3, 0.4) is 0 Å². The molecule has 0 aromatic heterocycles. The van der Waals surface area contributed by atoms with Crippen LogP contribution < -0.4 is 5.32 Å². The third-order valence-electron chi connectivity index (χ3n) is 5.85. The second-order valence-electron chi connectivity index (χ2n) is 7.90. The lowest BCUT2D eigenvalue weighted by Crippen LogP contribution is -2.42. The Morgan fingerprint density at radius 1 is 1.22 bits per heavy atom. The third kappa shape index (κ3) is 4.20. The largest absolute Gasteiger partial charge is 0.338 e. The van der Waals surface area contributed by atoms with E-state index in [0.29, 0.717) is 18.0 Å². The van der Waals surface area contributed by atoms with Crippen LogP contribution in [0.2, 0.25) is 0 Å². The van der Waals surface area contributed by atoms with Gasteiger partial charge in [-0.15, -0.1) is 0 Å². The van der Waals surface area contributed by atoms with Crippen LogP contribution in [0.5, 0.6) is 0 Å². The molecule has 27 heavy (non-hydrogen) atoms. The molecule has 0 spiro atoms. The van der Waals surface area contributed by atoms with E-state index in [4.69, 9.17) is 0 Å². The van der Waals surface area contributed by atoms with Gasteiger partial charge in [-0.3, -0.25) is 4.79 Å². The summed E-state index contributed by atoms with van der Waals surface area (Å²) in [5.41, 5.74) is 1.33. The van der Waals surface area contributed by atoms with Gasteiger partial charge in [0.05, 0.1) is 4.90 Å². The van der Waals surface area contributed by atoms with Gasteiger partial charge in [-0.05, 0) is 70.3 Å². The average Bonchev–Trinajstić information content (AvgIpc) is 3.10. The van der Waals surface area contributed by atoms with Gasteiger partial charge in [0, 0.05) is 31.2 Å². The van der Waals surface area contributed by atoms with Crippen LogP contribution >= 0.6 is 0 Å². The number of aryl methyl sites for hydroxylation is 1. The molecule has 1 aromatic carbocycles. The van der Waals surface area contributed by atoms with Crippen LogP contribution in [0.1, 0.15) is 48.5 Å². The quantitative estimate of drug-likeness (QED) is 0.833. The Morgan fingerprint density at radius 3 is 2.70 bits per heavy atom. The van der Waals surface area contributed by atoms with Gasteiger partial charge >= 0.3 is 0 Å². The number of hydrogen-bond donors (Lipinski definition) is 1. The molecule has 2 unspecified atom stereocenters. The van der Waals surface area contributed by atoms with Crippen molar-refractivity contribution in [1.29, 1.82) is 0 Å². The Kier molecular flexibility index (Phi) is 6.23. The number of rotatable bonds is 5. The highest BCUT2D eigenvalue weighted by Gasteiger charge is 2.33. The molecule has 3 rings (SSSR count). The molecule has 0 saturated carbocycles. The van der Waals surface area contributed by atoms with Crippen molar-refractivity contribution >= 4 is 15.9 Å². The maximum atomic E-state index is 13.1. The van der Waals surface area contributed by atoms with Crippen molar-refractivity contribution in [3.8, 4) is 0 Å². The van der Waals surface area contributed by atoms with Crippen LogP contribution in [-0.2, 0) is 10.0 Å². The van der Waals surface area contributed by atoms with Crippen molar-refractivity contribution in [2.75, 3.05) is 33.2 Å². The van der Waals surface area contributed by atoms with Gasteiger partial charge in [-0.2, -0.15) is 4.31 Å². The molecule has 2 saturated heterocycles. The lowest BCUT2D eigenvalue weighted by atomic mass is 10.1. The van der Waals surface area contributed by atoms with Gasteiger partial charge in [-0.1, -0.05) is 12.5 Å². The topological polar surface area (TPSA) is 69.7 Å². The lowest BCUT2D eigenvalue weighted by molar-refractivity contribution is 0.0786. The SMILES string of the molecule is CNCC1CCN(C(=O)c2cc(S(=O)(=O)N3CCCCC3C)ccc2C)C1. The van der Waals surface area contributed by atoms with Crippen LogP contribution in [0.25, 0.3) is 0 Å². The molecule has 1 amide bonds. The predicted molar refractivity (Wildman–Crippen MR) is 106 cm³/mol. The van der Waals surface area contributed by atoms with Crippen molar-refractivity contribution in [2.45, 2.75) is 50.5 Å². The average molecular weight is 394 g/mol. The first kappa shape index (κ1) is 20.3. The van der Waals surface area contributed by atoms with E-state index in [1.807, 2.05) is 25.8 Å². The van der Waals surface area contributed by atoms with E-state index in [-0.39, 0.29) is 16.8 Å². The molecule has 2 aliphatic heterocycles. The highest BCUT2D eigenvalue weighted by molar-refractivity contribution is 7.89. The van der Waals surface area contributed by atoms with Gasteiger partial charge in [0.15, 0.2) is 0 Å². The van der Waals surface area contributed by atoms with Crippen molar-refractivity contribution in [3.05, 3.63) is 29.3 Å². The zero-order chi connectivity index (χ0) is 19.6. The zero-order valence-corrected chi connectivity index (χ0v) is 17.4. The summed E-state index contributed by atoms with van der Waals surface area (Å²) in [5, 5.41) is 3.17.